The number of hydrogen-bond acceptors (Lipinski definition) is 2. The Labute approximate surface area is 89.5 Å². The van der Waals surface area contributed by atoms with E-state index in [2.05, 4.69) is 22.8 Å². The summed E-state index contributed by atoms with van der Waals surface area (Å²) in [6, 6.07) is 6.15. The maximum absolute atomic E-state index is 3.70. The third-order valence-corrected chi connectivity index (χ3v) is 4.54. The molecule has 14 heavy (non-hydrogen) atoms. The summed E-state index contributed by atoms with van der Waals surface area (Å²) < 4.78 is 0. The summed E-state index contributed by atoms with van der Waals surface area (Å²) in [5.74, 6) is 0.951. The van der Waals surface area contributed by atoms with E-state index >= 15 is 0 Å². The van der Waals surface area contributed by atoms with Crippen LogP contribution in [0.3, 0.4) is 0 Å². The average Bonchev–Trinajstić information content (AvgIpc) is 2.77. The highest BCUT2D eigenvalue weighted by molar-refractivity contribution is 7.09. The molecule has 3 heterocycles. The van der Waals surface area contributed by atoms with Crippen molar-refractivity contribution in [2.24, 2.45) is 5.92 Å². The van der Waals surface area contributed by atoms with E-state index in [4.69, 9.17) is 0 Å². The van der Waals surface area contributed by atoms with Crippen LogP contribution in [-0.2, 0) is 6.42 Å². The molecule has 2 aliphatic heterocycles. The first-order chi connectivity index (χ1) is 6.90. The second kappa shape index (κ2) is 3.67. The van der Waals surface area contributed by atoms with Crippen LogP contribution in [0.5, 0.6) is 0 Å². The Morgan fingerprint density at radius 2 is 2.07 bits per heavy atom. The van der Waals surface area contributed by atoms with Gasteiger partial charge in [-0.05, 0) is 49.5 Å². The van der Waals surface area contributed by atoms with E-state index in [-0.39, 0.29) is 0 Å². The molecule has 2 saturated heterocycles. The van der Waals surface area contributed by atoms with Crippen molar-refractivity contribution >= 4 is 11.3 Å². The highest BCUT2D eigenvalue weighted by atomic mass is 32.1. The number of hydrogen-bond donors (Lipinski definition) is 1. The van der Waals surface area contributed by atoms with Gasteiger partial charge in [-0.1, -0.05) is 6.07 Å². The van der Waals surface area contributed by atoms with Crippen molar-refractivity contribution in [2.45, 2.75) is 44.2 Å². The lowest BCUT2D eigenvalue weighted by Gasteiger charge is -2.28. The summed E-state index contributed by atoms with van der Waals surface area (Å²) in [5.41, 5.74) is 0. The summed E-state index contributed by atoms with van der Waals surface area (Å²) in [4.78, 5) is 1.58. The number of thiophene rings is 1. The molecular formula is C12H17NS. The largest absolute Gasteiger partial charge is 0.311 e. The van der Waals surface area contributed by atoms with Crippen molar-refractivity contribution in [1.29, 1.82) is 0 Å². The second-order valence-corrected chi connectivity index (χ2v) is 5.79. The van der Waals surface area contributed by atoms with Gasteiger partial charge in [0.25, 0.3) is 0 Å². The van der Waals surface area contributed by atoms with Gasteiger partial charge in [-0.15, -0.1) is 11.3 Å². The lowest BCUT2D eigenvalue weighted by molar-refractivity contribution is 0.299. The Balaban J connectivity index is 1.64. The van der Waals surface area contributed by atoms with E-state index in [9.17, 15) is 0 Å². The van der Waals surface area contributed by atoms with E-state index < -0.39 is 0 Å². The molecule has 0 amide bonds. The number of nitrogens with one attached hydrogen (secondary N) is 1. The normalized spacial score (nSPS) is 36.1. The van der Waals surface area contributed by atoms with Crippen LogP contribution in [0.15, 0.2) is 17.5 Å². The van der Waals surface area contributed by atoms with Gasteiger partial charge < -0.3 is 5.32 Å². The van der Waals surface area contributed by atoms with E-state index in [0.29, 0.717) is 0 Å². The summed E-state index contributed by atoms with van der Waals surface area (Å²) in [5, 5.41) is 5.90. The maximum atomic E-state index is 3.70. The zero-order chi connectivity index (χ0) is 9.38. The van der Waals surface area contributed by atoms with E-state index in [1.165, 1.54) is 32.1 Å². The van der Waals surface area contributed by atoms with E-state index in [0.717, 1.165) is 18.0 Å². The van der Waals surface area contributed by atoms with Crippen LogP contribution in [-0.4, -0.2) is 12.1 Å². The fraction of sp³-hybridized carbons (Fsp3) is 0.667. The highest BCUT2D eigenvalue weighted by Crippen LogP contribution is 2.33. The monoisotopic (exact) mass is 207 g/mol. The molecule has 2 fully saturated rings. The van der Waals surface area contributed by atoms with Crippen LogP contribution in [0.4, 0.5) is 0 Å². The van der Waals surface area contributed by atoms with Crippen molar-refractivity contribution < 1.29 is 0 Å². The molecule has 2 heteroatoms. The van der Waals surface area contributed by atoms with Crippen LogP contribution < -0.4 is 5.32 Å². The molecular weight excluding hydrogens is 190 g/mol. The Bertz CT molecular complexity index is 281. The van der Waals surface area contributed by atoms with Gasteiger partial charge in [0.1, 0.15) is 0 Å². The second-order valence-electron chi connectivity index (χ2n) is 4.76. The molecule has 0 saturated carbocycles. The first kappa shape index (κ1) is 8.93. The Hall–Kier alpha value is -0.340. The zero-order valence-electron chi connectivity index (χ0n) is 8.41. The van der Waals surface area contributed by atoms with Gasteiger partial charge in [0.2, 0.25) is 0 Å². The predicted molar refractivity (Wildman–Crippen MR) is 60.7 cm³/mol. The van der Waals surface area contributed by atoms with Gasteiger partial charge in [-0.25, -0.2) is 0 Å². The fourth-order valence-electron chi connectivity index (χ4n) is 3.06. The fourth-order valence-corrected chi connectivity index (χ4v) is 3.88. The lowest BCUT2D eigenvalue weighted by atomic mass is 9.89. The molecule has 1 aromatic rings. The van der Waals surface area contributed by atoms with Crippen molar-refractivity contribution in [3.05, 3.63) is 22.4 Å². The molecule has 0 radical (unpaired) electrons. The molecule has 2 atom stereocenters. The molecule has 76 valence electrons. The SMILES string of the molecule is c1csc(CC2CC3CCC(C2)N3)c1. The molecule has 0 aliphatic carbocycles. The van der Waals surface area contributed by atoms with Crippen LogP contribution in [0.1, 0.15) is 30.6 Å². The molecule has 0 spiro atoms. The van der Waals surface area contributed by atoms with Gasteiger partial charge in [0.15, 0.2) is 0 Å². The quantitative estimate of drug-likeness (QED) is 0.786. The summed E-state index contributed by atoms with van der Waals surface area (Å²) in [6.45, 7) is 0. The average molecular weight is 207 g/mol. The van der Waals surface area contributed by atoms with Gasteiger partial charge in [0.05, 0.1) is 0 Å². The van der Waals surface area contributed by atoms with Gasteiger partial charge >= 0.3 is 0 Å². The van der Waals surface area contributed by atoms with E-state index in [1.807, 2.05) is 11.3 Å². The first-order valence-corrected chi connectivity index (χ1v) is 6.56. The Morgan fingerprint density at radius 3 is 2.71 bits per heavy atom. The van der Waals surface area contributed by atoms with Gasteiger partial charge in [-0.2, -0.15) is 0 Å². The standard InChI is InChI=1S/C12H17NS/c1-2-12(14-5-1)8-9-6-10-3-4-11(7-9)13-10/h1-2,5,9-11,13H,3-4,6-8H2. The predicted octanol–water partition coefficient (Wildman–Crippen LogP) is 2.82. The smallest absolute Gasteiger partial charge is 0.00730 e. The minimum absolute atomic E-state index is 0.846. The summed E-state index contributed by atoms with van der Waals surface area (Å²) in [7, 11) is 0. The molecule has 2 unspecified atom stereocenters. The molecule has 2 aliphatic rings. The van der Waals surface area contributed by atoms with E-state index in [1.54, 1.807) is 4.88 Å². The van der Waals surface area contributed by atoms with Crippen molar-refractivity contribution in [1.82, 2.24) is 5.32 Å². The van der Waals surface area contributed by atoms with Gasteiger partial charge in [-0.3, -0.25) is 0 Å². The zero-order valence-corrected chi connectivity index (χ0v) is 9.22. The molecule has 1 nitrogen and oxygen atoms in total. The van der Waals surface area contributed by atoms with Gasteiger partial charge in [0, 0.05) is 17.0 Å². The first-order valence-electron chi connectivity index (χ1n) is 5.68. The third-order valence-electron chi connectivity index (χ3n) is 3.64. The Morgan fingerprint density at radius 1 is 1.29 bits per heavy atom. The molecule has 2 bridgehead atoms. The molecule has 1 N–H and O–H groups in total. The molecule has 3 rings (SSSR count). The third kappa shape index (κ3) is 1.73. The summed E-state index contributed by atoms with van der Waals surface area (Å²) >= 11 is 1.92. The van der Waals surface area contributed by atoms with Crippen LogP contribution >= 0.6 is 11.3 Å². The minimum atomic E-state index is 0.846. The maximum Gasteiger partial charge on any atom is 0.00730 e. The van der Waals surface area contributed by atoms with Crippen molar-refractivity contribution in [3.63, 3.8) is 0 Å². The molecule has 0 aromatic carbocycles. The number of fused-ring (bicyclic) bond motifs is 2. The number of piperidine rings is 1. The van der Waals surface area contributed by atoms with Crippen LogP contribution in [0.25, 0.3) is 0 Å². The van der Waals surface area contributed by atoms with Crippen LogP contribution in [0, 0.1) is 5.92 Å². The van der Waals surface area contributed by atoms with Crippen LogP contribution in [0.2, 0.25) is 0 Å². The highest BCUT2D eigenvalue weighted by Gasteiger charge is 2.33. The molecule has 1 aromatic heterocycles. The Kier molecular flexibility index (Phi) is 2.34. The minimum Gasteiger partial charge on any atom is -0.311 e. The topological polar surface area (TPSA) is 12.0 Å². The summed E-state index contributed by atoms with van der Waals surface area (Å²) in [6.07, 6.45) is 6.99. The number of rotatable bonds is 2. The van der Waals surface area contributed by atoms with Crippen molar-refractivity contribution in [2.75, 3.05) is 0 Å². The lowest BCUT2D eigenvalue weighted by Crippen LogP contribution is -2.38. The van der Waals surface area contributed by atoms with Crippen molar-refractivity contribution in [3.8, 4) is 0 Å².